The van der Waals surface area contributed by atoms with Gasteiger partial charge in [-0.3, -0.25) is 9.48 Å². The zero-order chi connectivity index (χ0) is 13.1. The minimum absolute atomic E-state index is 0.0694. The standard InChI is InChI=1S/C13H18N4O/c1-4-6-17-8-10(7-14-17)12-9(3)13(18)16-11(5-2)15-12/h7-8H,4-6H2,1-3H3,(H,15,16,18). The Kier molecular flexibility index (Phi) is 3.60. The Balaban J connectivity index is 2.48. The number of rotatable bonds is 4. The van der Waals surface area contributed by atoms with Crippen LogP contribution in [0.3, 0.4) is 0 Å². The smallest absolute Gasteiger partial charge is 0.254 e. The van der Waals surface area contributed by atoms with Crippen LogP contribution in [0.5, 0.6) is 0 Å². The highest BCUT2D eigenvalue weighted by molar-refractivity contribution is 5.60. The molecule has 0 saturated heterocycles. The summed E-state index contributed by atoms with van der Waals surface area (Å²) in [6.07, 6.45) is 5.45. The molecule has 2 rings (SSSR count). The molecule has 2 aromatic rings. The lowest BCUT2D eigenvalue weighted by Gasteiger charge is -2.04. The lowest BCUT2D eigenvalue weighted by molar-refractivity contribution is 0.603. The van der Waals surface area contributed by atoms with Gasteiger partial charge in [0, 0.05) is 30.3 Å². The molecule has 0 bridgehead atoms. The summed E-state index contributed by atoms with van der Waals surface area (Å²) >= 11 is 0. The Morgan fingerprint density at radius 2 is 2.17 bits per heavy atom. The fourth-order valence-electron chi connectivity index (χ4n) is 1.86. The van der Waals surface area contributed by atoms with E-state index in [0.29, 0.717) is 17.8 Å². The van der Waals surface area contributed by atoms with Gasteiger partial charge >= 0.3 is 0 Å². The minimum Gasteiger partial charge on any atom is -0.310 e. The fraction of sp³-hybridized carbons (Fsp3) is 0.462. The number of hydrogen-bond acceptors (Lipinski definition) is 3. The topological polar surface area (TPSA) is 63.6 Å². The molecular weight excluding hydrogens is 228 g/mol. The van der Waals surface area contributed by atoms with E-state index in [-0.39, 0.29) is 5.56 Å². The lowest BCUT2D eigenvalue weighted by atomic mass is 10.1. The van der Waals surface area contributed by atoms with Crippen LogP contribution in [-0.4, -0.2) is 19.7 Å². The monoisotopic (exact) mass is 246 g/mol. The first kappa shape index (κ1) is 12.5. The van der Waals surface area contributed by atoms with Crippen molar-refractivity contribution >= 4 is 0 Å². The Bertz CT molecular complexity index is 597. The molecule has 5 nitrogen and oxygen atoms in total. The maximum atomic E-state index is 11.8. The normalized spacial score (nSPS) is 10.8. The maximum Gasteiger partial charge on any atom is 0.254 e. The van der Waals surface area contributed by atoms with Crippen molar-refractivity contribution in [1.29, 1.82) is 0 Å². The molecule has 0 aliphatic carbocycles. The Labute approximate surface area is 106 Å². The summed E-state index contributed by atoms with van der Waals surface area (Å²) in [6, 6.07) is 0. The molecule has 2 heterocycles. The summed E-state index contributed by atoms with van der Waals surface area (Å²) in [5.41, 5.74) is 2.21. The molecule has 0 fully saturated rings. The van der Waals surface area contributed by atoms with Crippen molar-refractivity contribution in [3.8, 4) is 11.3 Å². The first-order valence-corrected chi connectivity index (χ1v) is 6.28. The van der Waals surface area contributed by atoms with E-state index in [0.717, 1.165) is 24.2 Å². The second kappa shape index (κ2) is 5.16. The highest BCUT2D eigenvalue weighted by atomic mass is 16.1. The van der Waals surface area contributed by atoms with Gasteiger partial charge in [0.05, 0.1) is 11.9 Å². The molecular formula is C13H18N4O. The molecule has 0 unspecified atom stereocenters. The molecule has 0 amide bonds. The van der Waals surface area contributed by atoms with E-state index in [1.807, 2.05) is 17.8 Å². The molecule has 96 valence electrons. The quantitative estimate of drug-likeness (QED) is 0.896. The molecule has 0 aliphatic heterocycles. The molecule has 1 N–H and O–H groups in total. The van der Waals surface area contributed by atoms with Gasteiger partial charge in [0.25, 0.3) is 5.56 Å². The number of hydrogen-bond donors (Lipinski definition) is 1. The summed E-state index contributed by atoms with van der Waals surface area (Å²) in [5, 5.41) is 4.27. The van der Waals surface area contributed by atoms with Crippen LogP contribution in [0.15, 0.2) is 17.2 Å². The van der Waals surface area contributed by atoms with Crippen LogP contribution in [0.4, 0.5) is 0 Å². The van der Waals surface area contributed by atoms with E-state index >= 15 is 0 Å². The van der Waals surface area contributed by atoms with Crippen LogP contribution in [0, 0.1) is 6.92 Å². The van der Waals surface area contributed by atoms with Crippen molar-refractivity contribution in [2.24, 2.45) is 0 Å². The molecule has 5 heteroatoms. The number of nitrogens with one attached hydrogen (secondary N) is 1. The van der Waals surface area contributed by atoms with Gasteiger partial charge in [-0.2, -0.15) is 5.10 Å². The van der Waals surface area contributed by atoms with E-state index in [1.165, 1.54) is 0 Å². The van der Waals surface area contributed by atoms with Gasteiger partial charge in [-0.25, -0.2) is 4.98 Å². The predicted molar refractivity (Wildman–Crippen MR) is 70.5 cm³/mol. The number of aryl methyl sites for hydroxylation is 2. The fourth-order valence-corrected chi connectivity index (χ4v) is 1.86. The Morgan fingerprint density at radius 3 is 2.83 bits per heavy atom. The van der Waals surface area contributed by atoms with Crippen molar-refractivity contribution in [2.75, 3.05) is 0 Å². The van der Waals surface area contributed by atoms with Crippen LogP contribution in [0.2, 0.25) is 0 Å². The number of aromatic amines is 1. The van der Waals surface area contributed by atoms with E-state index in [4.69, 9.17) is 0 Å². The third kappa shape index (κ3) is 2.34. The van der Waals surface area contributed by atoms with Crippen molar-refractivity contribution < 1.29 is 0 Å². The van der Waals surface area contributed by atoms with Crippen LogP contribution in [0.25, 0.3) is 11.3 Å². The van der Waals surface area contributed by atoms with Crippen molar-refractivity contribution in [1.82, 2.24) is 19.7 Å². The van der Waals surface area contributed by atoms with Crippen LogP contribution >= 0.6 is 0 Å². The molecule has 0 aliphatic rings. The average molecular weight is 246 g/mol. The lowest BCUT2D eigenvalue weighted by Crippen LogP contribution is -2.15. The predicted octanol–water partition coefficient (Wildman–Crippen LogP) is 1.91. The van der Waals surface area contributed by atoms with E-state index in [2.05, 4.69) is 22.0 Å². The van der Waals surface area contributed by atoms with Crippen LogP contribution in [0.1, 0.15) is 31.7 Å². The Morgan fingerprint density at radius 1 is 1.39 bits per heavy atom. The van der Waals surface area contributed by atoms with E-state index < -0.39 is 0 Å². The number of nitrogens with zero attached hydrogens (tertiary/aromatic N) is 3. The summed E-state index contributed by atoms with van der Waals surface area (Å²) in [4.78, 5) is 19.1. The van der Waals surface area contributed by atoms with Gasteiger partial charge in [0.1, 0.15) is 5.82 Å². The second-order valence-corrected chi connectivity index (χ2v) is 4.33. The van der Waals surface area contributed by atoms with E-state index in [9.17, 15) is 4.79 Å². The minimum atomic E-state index is -0.0694. The third-order valence-electron chi connectivity index (χ3n) is 2.89. The van der Waals surface area contributed by atoms with Gasteiger partial charge in [0.15, 0.2) is 0 Å². The molecule has 2 aromatic heterocycles. The maximum absolute atomic E-state index is 11.8. The Hall–Kier alpha value is -1.91. The molecule has 0 saturated carbocycles. The number of aromatic nitrogens is 4. The number of H-pyrrole nitrogens is 1. The third-order valence-corrected chi connectivity index (χ3v) is 2.89. The van der Waals surface area contributed by atoms with Gasteiger partial charge in [-0.15, -0.1) is 0 Å². The van der Waals surface area contributed by atoms with Crippen molar-refractivity contribution in [3.05, 3.63) is 34.1 Å². The van der Waals surface area contributed by atoms with Crippen molar-refractivity contribution in [3.63, 3.8) is 0 Å². The van der Waals surface area contributed by atoms with Crippen LogP contribution < -0.4 is 5.56 Å². The van der Waals surface area contributed by atoms with Gasteiger partial charge < -0.3 is 4.98 Å². The molecule has 0 spiro atoms. The summed E-state index contributed by atoms with van der Waals surface area (Å²) in [7, 11) is 0. The molecule has 0 atom stereocenters. The molecule has 0 radical (unpaired) electrons. The average Bonchev–Trinajstić information content (AvgIpc) is 2.81. The van der Waals surface area contributed by atoms with E-state index in [1.54, 1.807) is 13.1 Å². The summed E-state index contributed by atoms with van der Waals surface area (Å²) < 4.78 is 1.88. The summed E-state index contributed by atoms with van der Waals surface area (Å²) in [5.74, 6) is 0.712. The van der Waals surface area contributed by atoms with Gasteiger partial charge in [-0.1, -0.05) is 13.8 Å². The largest absolute Gasteiger partial charge is 0.310 e. The summed E-state index contributed by atoms with van der Waals surface area (Å²) in [6.45, 7) is 6.74. The van der Waals surface area contributed by atoms with Crippen molar-refractivity contribution in [2.45, 2.75) is 40.2 Å². The SMILES string of the molecule is CCCn1cc(-c2nc(CC)[nH]c(=O)c2C)cn1. The zero-order valence-corrected chi connectivity index (χ0v) is 11.0. The molecule has 0 aromatic carbocycles. The van der Waals surface area contributed by atoms with Gasteiger partial charge in [0.2, 0.25) is 0 Å². The zero-order valence-electron chi connectivity index (χ0n) is 11.0. The second-order valence-electron chi connectivity index (χ2n) is 4.33. The van der Waals surface area contributed by atoms with Crippen LogP contribution in [-0.2, 0) is 13.0 Å². The molecule has 18 heavy (non-hydrogen) atoms. The highest BCUT2D eigenvalue weighted by Crippen LogP contribution is 2.18. The first-order chi connectivity index (χ1) is 8.65. The highest BCUT2D eigenvalue weighted by Gasteiger charge is 2.10. The van der Waals surface area contributed by atoms with Gasteiger partial charge in [-0.05, 0) is 13.3 Å². The first-order valence-electron chi connectivity index (χ1n) is 6.28.